The second-order valence-electron chi connectivity index (χ2n) is 8.48. The van der Waals surface area contributed by atoms with E-state index in [0.29, 0.717) is 5.75 Å². The molecule has 0 spiro atoms. The highest BCUT2D eigenvalue weighted by Crippen LogP contribution is 2.30. The van der Waals surface area contributed by atoms with Gasteiger partial charge in [-0.1, -0.05) is 60.3 Å². The smallest absolute Gasteiger partial charge is 0.347 e. The van der Waals surface area contributed by atoms with Crippen LogP contribution in [-0.4, -0.2) is 16.7 Å². The Labute approximate surface area is 188 Å². The molecule has 0 radical (unpaired) electrons. The number of fused-ring (bicyclic) bond motifs is 1. The van der Waals surface area contributed by atoms with Crippen molar-refractivity contribution in [1.82, 2.24) is 0 Å². The first kappa shape index (κ1) is 21.5. The Kier molecular flexibility index (Phi) is 6.16. The summed E-state index contributed by atoms with van der Waals surface area (Å²) >= 11 is 0. The van der Waals surface area contributed by atoms with Gasteiger partial charge >= 0.3 is 5.97 Å². The number of hydrogen-bond donors (Lipinski definition) is 2. The Morgan fingerprint density at radius 2 is 1.72 bits per heavy atom. The number of aryl methyl sites for hydroxylation is 1. The lowest BCUT2D eigenvalue weighted by atomic mass is 10.00. The van der Waals surface area contributed by atoms with Gasteiger partial charge in [-0.05, 0) is 74.1 Å². The zero-order chi connectivity index (χ0) is 22.6. The van der Waals surface area contributed by atoms with Crippen LogP contribution in [0, 0.1) is 0 Å². The van der Waals surface area contributed by atoms with Crippen LogP contribution in [0.4, 0.5) is 5.69 Å². The number of carboxylic acids is 1. The molecule has 2 N–H and O–H groups in total. The Bertz CT molecular complexity index is 1170. The van der Waals surface area contributed by atoms with Gasteiger partial charge in [-0.25, -0.2) is 4.79 Å². The number of ether oxygens (including phenoxy) is 1. The summed E-state index contributed by atoms with van der Waals surface area (Å²) in [5.74, 6) is -0.424. The maximum atomic E-state index is 11.2. The van der Waals surface area contributed by atoms with E-state index in [1.165, 1.54) is 16.7 Å². The maximum absolute atomic E-state index is 11.2. The van der Waals surface area contributed by atoms with E-state index in [0.717, 1.165) is 36.2 Å². The number of nitrogens with one attached hydrogen (secondary N) is 1. The molecule has 4 nitrogen and oxygen atoms in total. The molecule has 0 unspecified atom stereocenters. The second kappa shape index (κ2) is 9.17. The fraction of sp³-hybridized carbons (Fsp3) is 0.214. The van der Waals surface area contributed by atoms with E-state index in [4.69, 9.17) is 4.74 Å². The van der Waals surface area contributed by atoms with Gasteiger partial charge in [0.2, 0.25) is 0 Å². The van der Waals surface area contributed by atoms with Crippen LogP contribution in [0.5, 0.6) is 5.75 Å². The molecule has 0 saturated carbocycles. The molecule has 1 aliphatic heterocycles. The third kappa shape index (κ3) is 5.11. The van der Waals surface area contributed by atoms with Crippen LogP contribution in [0.2, 0.25) is 0 Å². The van der Waals surface area contributed by atoms with E-state index in [1.54, 1.807) is 13.8 Å². The van der Waals surface area contributed by atoms with E-state index in [1.807, 2.05) is 36.4 Å². The first-order valence-electron chi connectivity index (χ1n) is 10.8. The Balaban J connectivity index is 1.33. The lowest BCUT2D eigenvalue weighted by Gasteiger charge is -2.21. The normalized spacial score (nSPS) is 12.5. The van der Waals surface area contributed by atoms with Crippen LogP contribution in [-0.2, 0) is 11.2 Å². The van der Waals surface area contributed by atoms with E-state index in [2.05, 4.69) is 53.5 Å². The van der Waals surface area contributed by atoms with Crippen molar-refractivity contribution < 1.29 is 14.6 Å². The van der Waals surface area contributed by atoms with Gasteiger partial charge in [0.15, 0.2) is 5.60 Å². The van der Waals surface area contributed by atoms with Crippen molar-refractivity contribution in [3.05, 3.63) is 95.4 Å². The number of carboxylic acid groups (broad SMARTS) is 1. The van der Waals surface area contributed by atoms with Gasteiger partial charge in [-0.2, -0.15) is 0 Å². The van der Waals surface area contributed by atoms with Crippen LogP contribution in [0.1, 0.15) is 37.8 Å². The topological polar surface area (TPSA) is 58.6 Å². The highest BCUT2D eigenvalue weighted by Gasteiger charge is 2.29. The minimum absolute atomic E-state index is 0.562. The molecule has 0 fully saturated rings. The number of hydrogen-bond acceptors (Lipinski definition) is 3. The Hall–Kier alpha value is -3.75. The Morgan fingerprint density at radius 3 is 2.44 bits per heavy atom. The summed E-state index contributed by atoms with van der Waals surface area (Å²) in [7, 11) is 0. The third-order valence-electron chi connectivity index (χ3n) is 5.55. The molecule has 0 aromatic heterocycles. The molecule has 0 atom stereocenters. The number of rotatable bonds is 8. The summed E-state index contributed by atoms with van der Waals surface area (Å²) in [5, 5.41) is 12.7. The number of carbonyl (C=O) groups is 1. The van der Waals surface area contributed by atoms with Gasteiger partial charge in [-0.3, -0.25) is 0 Å². The molecule has 162 valence electrons. The highest BCUT2D eigenvalue weighted by molar-refractivity contribution is 5.78. The fourth-order valence-corrected chi connectivity index (χ4v) is 3.63. The SMILES string of the molecule is CC(C)(Oc1ccc(CCCC2=C=Cc3ccc(-c4ccccc4)cc3N2)cc1)C(=O)O. The molecule has 4 rings (SSSR count). The van der Waals surface area contributed by atoms with Crippen LogP contribution in [0.3, 0.4) is 0 Å². The molecule has 32 heavy (non-hydrogen) atoms. The van der Waals surface area contributed by atoms with Crippen LogP contribution < -0.4 is 10.1 Å². The molecular weight excluding hydrogens is 398 g/mol. The van der Waals surface area contributed by atoms with Crippen molar-refractivity contribution in [3.63, 3.8) is 0 Å². The monoisotopic (exact) mass is 425 g/mol. The second-order valence-corrected chi connectivity index (χ2v) is 8.48. The van der Waals surface area contributed by atoms with E-state index in [9.17, 15) is 9.90 Å². The summed E-state index contributed by atoms with van der Waals surface area (Å²) < 4.78 is 5.56. The van der Waals surface area contributed by atoms with Crippen LogP contribution >= 0.6 is 0 Å². The van der Waals surface area contributed by atoms with Gasteiger partial charge in [0.05, 0.1) is 5.70 Å². The number of aliphatic carboxylic acids is 1. The predicted molar refractivity (Wildman–Crippen MR) is 129 cm³/mol. The fourth-order valence-electron chi connectivity index (χ4n) is 3.63. The van der Waals surface area contributed by atoms with Gasteiger partial charge in [0.1, 0.15) is 5.75 Å². The molecule has 3 aromatic carbocycles. The summed E-state index contributed by atoms with van der Waals surface area (Å²) in [4.78, 5) is 11.2. The maximum Gasteiger partial charge on any atom is 0.347 e. The van der Waals surface area contributed by atoms with Gasteiger partial charge < -0.3 is 15.2 Å². The molecule has 0 bridgehead atoms. The zero-order valence-corrected chi connectivity index (χ0v) is 18.4. The largest absolute Gasteiger partial charge is 0.478 e. The quantitative estimate of drug-likeness (QED) is 0.402. The van der Waals surface area contributed by atoms with Crippen LogP contribution in [0.25, 0.3) is 17.2 Å². The summed E-state index contributed by atoms with van der Waals surface area (Å²) in [6.07, 6.45) is 4.85. The van der Waals surface area contributed by atoms with Crippen molar-refractivity contribution in [2.75, 3.05) is 5.32 Å². The third-order valence-corrected chi connectivity index (χ3v) is 5.55. The molecule has 3 aromatic rings. The minimum Gasteiger partial charge on any atom is -0.478 e. The van der Waals surface area contributed by atoms with Crippen molar-refractivity contribution >= 4 is 17.7 Å². The van der Waals surface area contributed by atoms with Crippen molar-refractivity contribution in [2.24, 2.45) is 0 Å². The minimum atomic E-state index is -1.25. The average molecular weight is 426 g/mol. The molecular formula is C28H27NO3. The molecule has 1 aliphatic rings. The van der Waals surface area contributed by atoms with Crippen molar-refractivity contribution in [1.29, 1.82) is 0 Å². The van der Waals surface area contributed by atoms with Gasteiger partial charge in [0, 0.05) is 11.3 Å². The molecule has 0 saturated heterocycles. The number of anilines is 1. The first-order valence-corrected chi connectivity index (χ1v) is 10.8. The molecule has 1 heterocycles. The van der Waals surface area contributed by atoms with Crippen molar-refractivity contribution in [3.8, 4) is 16.9 Å². The standard InChI is InChI=1S/C28H27NO3/c1-28(2,27(30)31)32-25-17-11-20(12-18-25)7-6-10-24-16-15-22-13-14-23(19-26(22)29-24)21-8-4-3-5-9-21/h3-5,8-9,11-15,17-19,29H,6-7,10H2,1-2H3,(H,30,31). The molecule has 4 heteroatoms. The average Bonchev–Trinajstić information content (AvgIpc) is 2.80. The van der Waals surface area contributed by atoms with Gasteiger partial charge in [-0.15, -0.1) is 0 Å². The van der Waals surface area contributed by atoms with E-state index in [-0.39, 0.29) is 0 Å². The highest BCUT2D eigenvalue weighted by atomic mass is 16.5. The first-order chi connectivity index (χ1) is 15.4. The van der Waals surface area contributed by atoms with Crippen LogP contribution in [0.15, 0.2) is 84.2 Å². The summed E-state index contributed by atoms with van der Waals surface area (Å²) in [6, 6.07) is 24.5. The van der Waals surface area contributed by atoms with Crippen molar-refractivity contribution in [2.45, 2.75) is 38.7 Å². The van der Waals surface area contributed by atoms with E-state index < -0.39 is 11.6 Å². The number of benzene rings is 3. The molecule has 0 aliphatic carbocycles. The summed E-state index contributed by atoms with van der Waals surface area (Å²) in [6.45, 7) is 3.09. The van der Waals surface area contributed by atoms with E-state index >= 15 is 0 Å². The van der Waals surface area contributed by atoms with Gasteiger partial charge in [0.25, 0.3) is 0 Å². The summed E-state index contributed by atoms with van der Waals surface area (Å²) in [5.41, 5.74) is 9.07. The zero-order valence-electron chi connectivity index (χ0n) is 18.4. The lowest BCUT2D eigenvalue weighted by molar-refractivity contribution is -0.152. The number of allylic oxidation sites excluding steroid dienone is 1. The lowest BCUT2D eigenvalue weighted by Crippen LogP contribution is -2.37. The molecule has 0 amide bonds. The Morgan fingerprint density at radius 1 is 0.969 bits per heavy atom. The predicted octanol–water partition coefficient (Wildman–Crippen LogP) is 6.54.